The van der Waals surface area contributed by atoms with Crippen LogP contribution in [0.4, 0.5) is 0 Å². The summed E-state index contributed by atoms with van der Waals surface area (Å²) in [6, 6.07) is 9.45. The number of likely N-dealkylation sites (N-methyl/N-ethyl adjacent to an activating group) is 1. The van der Waals surface area contributed by atoms with Crippen LogP contribution < -0.4 is 10.9 Å². The van der Waals surface area contributed by atoms with Crippen molar-refractivity contribution in [2.24, 2.45) is 0 Å². The number of pyridine rings is 1. The second kappa shape index (κ2) is 5.60. The number of piperazine rings is 1. The molecule has 1 aliphatic rings. The molecule has 0 spiro atoms. The summed E-state index contributed by atoms with van der Waals surface area (Å²) >= 11 is 0. The lowest BCUT2D eigenvalue weighted by atomic mass is 10.1. The fraction of sp³-hybridized carbons (Fsp3) is 0.312. The average molecular weight is 311 g/mol. The summed E-state index contributed by atoms with van der Waals surface area (Å²) in [6.45, 7) is 2.64. The second-order valence-corrected chi connectivity index (χ2v) is 5.76. The number of fused-ring (bicyclic) bond motifs is 1. The van der Waals surface area contributed by atoms with E-state index in [0.29, 0.717) is 11.4 Å². The molecular formula is C16H17N5O2. The molecule has 2 N–H and O–H groups in total. The van der Waals surface area contributed by atoms with Gasteiger partial charge in [0.05, 0.1) is 6.04 Å². The minimum absolute atomic E-state index is 0.0563. The zero-order valence-electron chi connectivity index (χ0n) is 12.7. The van der Waals surface area contributed by atoms with Crippen LogP contribution >= 0.6 is 0 Å². The Labute approximate surface area is 132 Å². The maximum Gasteiger partial charge on any atom is 0.263 e. The van der Waals surface area contributed by atoms with Crippen LogP contribution in [0, 0.1) is 0 Å². The largest absolute Gasteiger partial charge is 0.334 e. The Bertz CT molecular complexity index is 901. The van der Waals surface area contributed by atoms with Crippen molar-refractivity contribution in [3.05, 3.63) is 46.5 Å². The molecule has 7 nitrogen and oxygen atoms in total. The van der Waals surface area contributed by atoms with Gasteiger partial charge in [0.1, 0.15) is 5.56 Å². The molecule has 23 heavy (non-hydrogen) atoms. The highest BCUT2D eigenvalue weighted by atomic mass is 16.5. The number of hydrogen-bond acceptors (Lipinski definition) is 6. The van der Waals surface area contributed by atoms with Gasteiger partial charge < -0.3 is 14.8 Å². The van der Waals surface area contributed by atoms with Gasteiger partial charge in [0, 0.05) is 25.2 Å². The topological polar surface area (TPSA) is 87.0 Å². The summed E-state index contributed by atoms with van der Waals surface area (Å²) in [7, 11) is 2.03. The van der Waals surface area contributed by atoms with E-state index in [0.717, 1.165) is 30.5 Å². The maximum absolute atomic E-state index is 12.3. The molecule has 1 aromatic carbocycles. The third kappa shape index (κ3) is 2.54. The van der Waals surface area contributed by atoms with Gasteiger partial charge in [-0.1, -0.05) is 23.4 Å². The Morgan fingerprint density at radius 3 is 3.09 bits per heavy atom. The first kappa shape index (κ1) is 14.1. The van der Waals surface area contributed by atoms with E-state index < -0.39 is 0 Å². The van der Waals surface area contributed by atoms with Crippen molar-refractivity contribution in [2.45, 2.75) is 6.04 Å². The number of H-pyrrole nitrogens is 1. The van der Waals surface area contributed by atoms with Gasteiger partial charge in [-0.25, -0.2) is 0 Å². The normalized spacial score (nSPS) is 19.3. The van der Waals surface area contributed by atoms with E-state index in [-0.39, 0.29) is 17.5 Å². The third-order valence-electron chi connectivity index (χ3n) is 4.23. The van der Waals surface area contributed by atoms with Crippen molar-refractivity contribution in [1.82, 2.24) is 25.3 Å². The molecule has 3 aromatic rings. The number of rotatable bonds is 2. The van der Waals surface area contributed by atoms with Gasteiger partial charge in [-0.2, -0.15) is 4.98 Å². The smallest absolute Gasteiger partial charge is 0.263 e. The van der Waals surface area contributed by atoms with Crippen LogP contribution in [-0.4, -0.2) is 46.7 Å². The second-order valence-electron chi connectivity index (χ2n) is 5.76. The molecule has 4 rings (SSSR count). The highest BCUT2D eigenvalue weighted by molar-refractivity contribution is 5.81. The van der Waals surface area contributed by atoms with Crippen molar-refractivity contribution in [3.63, 3.8) is 0 Å². The zero-order chi connectivity index (χ0) is 15.8. The van der Waals surface area contributed by atoms with Crippen molar-refractivity contribution in [2.75, 3.05) is 26.7 Å². The monoisotopic (exact) mass is 311 g/mol. The number of aromatic nitrogens is 3. The van der Waals surface area contributed by atoms with E-state index in [9.17, 15) is 4.79 Å². The number of nitrogens with one attached hydrogen (secondary N) is 2. The minimum atomic E-state index is -0.228. The van der Waals surface area contributed by atoms with Gasteiger partial charge in [-0.3, -0.25) is 9.69 Å². The summed E-state index contributed by atoms with van der Waals surface area (Å²) < 4.78 is 5.35. The molecule has 2 aromatic heterocycles. The predicted molar refractivity (Wildman–Crippen MR) is 86.1 cm³/mol. The third-order valence-corrected chi connectivity index (χ3v) is 4.23. The first-order valence-corrected chi connectivity index (χ1v) is 7.59. The fourth-order valence-electron chi connectivity index (χ4n) is 2.88. The molecule has 3 heterocycles. The van der Waals surface area contributed by atoms with Crippen LogP contribution in [0.15, 0.2) is 39.6 Å². The Morgan fingerprint density at radius 1 is 1.35 bits per heavy atom. The van der Waals surface area contributed by atoms with E-state index >= 15 is 0 Å². The molecule has 1 atom stereocenters. The van der Waals surface area contributed by atoms with E-state index in [1.54, 1.807) is 6.07 Å². The molecule has 0 bridgehead atoms. The molecule has 1 aliphatic heterocycles. The Morgan fingerprint density at radius 2 is 2.22 bits per heavy atom. The van der Waals surface area contributed by atoms with Gasteiger partial charge in [0.2, 0.25) is 0 Å². The summed E-state index contributed by atoms with van der Waals surface area (Å²) in [5.74, 6) is 0.855. The van der Waals surface area contributed by atoms with Gasteiger partial charge in [-0.05, 0) is 24.6 Å². The quantitative estimate of drug-likeness (QED) is 0.738. The molecule has 1 unspecified atom stereocenters. The molecule has 0 radical (unpaired) electrons. The van der Waals surface area contributed by atoms with Crippen LogP contribution in [0.3, 0.4) is 0 Å². The van der Waals surface area contributed by atoms with Crippen LogP contribution in [0.5, 0.6) is 0 Å². The van der Waals surface area contributed by atoms with Crippen LogP contribution in [0.1, 0.15) is 11.9 Å². The highest BCUT2D eigenvalue weighted by Crippen LogP contribution is 2.22. The first-order chi connectivity index (χ1) is 11.2. The molecule has 0 amide bonds. The molecule has 118 valence electrons. The van der Waals surface area contributed by atoms with Gasteiger partial charge in [0.25, 0.3) is 11.4 Å². The standard InChI is InChI=1S/C16H17N5O2/c1-21-7-6-17-9-13(21)14-19-16(23-20-14)11-8-10-4-2-3-5-12(10)18-15(11)22/h2-5,8,13,17H,6-7,9H2,1H3,(H,18,22). The number of hydrogen-bond donors (Lipinski definition) is 2. The minimum Gasteiger partial charge on any atom is -0.334 e. The van der Waals surface area contributed by atoms with Crippen molar-refractivity contribution in [1.29, 1.82) is 0 Å². The van der Waals surface area contributed by atoms with Gasteiger partial charge in [-0.15, -0.1) is 0 Å². The van der Waals surface area contributed by atoms with Crippen molar-refractivity contribution < 1.29 is 4.52 Å². The molecule has 1 fully saturated rings. The van der Waals surface area contributed by atoms with Crippen molar-refractivity contribution >= 4 is 10.9 Å². The average Bonchev–Trinajstić information content (AvgIpc) is 3.04. The van der Waals surface area contributed by atoms with E-state index in [4.69, 9.17) is 4.52 Å². The lowest BCUT2D eigenvalue weighted by Gasteiger charge is -2.30. The SMILES string of the molecule is CN1CCNCC1c1noc(-c2cc3ccccc3[nH]c2=O)n1. The molecule has 0 aliphatic carbocycles. The van der Waals surface area contributed by atoms with Crippen LogP contribution in [0.25, 0.3) is 22.4 Å². The van der Waals surface area contributed by atoms with Crippen molar-refractivity contribution in [3.8, 4) is 11.5 Å². The summed E-state index contributed by atoms with van der Waals surface area (Å²) in [4.78, 5) is 21.7. The van der Waals surface area contributed by atoms with E-state index in [1.165, 1.54) is 0 Å². The lowest BCUT2D eigenvalue weighted by molar-refractivity contribution is 0.190. The predicted octanol–water partition coefficient (Wildman–Crippen LogP) is 1.15. The molecule has 0 saturated carbocycles. The van der Waals surface area contributed by atoms with Crippen LogP contribution in [0.2, 0.25) is 0 Å². The highest BCUT2D eigenvalue weighted by Gasteiger charge is 2.26. The van der Waals surface area contributed by atoms with Gasteiger partial charge >= 0.3 is 0 Å². The Hall–Kier alpha value is -2.51. The fourth-order valence-corrected chi connectivity index (χ4v) is 2.88. The first-order valence-electron chi connectivity index (χ1n) is 7.59. The number of para-hydroxylation sites is 1. The van der Waals surface area contributed by atoms with E-state index in [2.05, 4.69) is 25.3 Å². The Kier molecular flexibility index (Phi) is 3.44. The van der Waals surface area contributed by atoms with E-state index in [1.807, 2.05) is 31.3 Å². The summed E-state index contributed by atoms with van der Waals surface area (Å²) in [5, 5.41) is 8.31. The number of aromatic amines is 1. The van der Waals surface area contributed by atoms with Gasteiger partial charge in [0.15, 0.2) is 5.82 Å². The number of benzene rings is 1. The Balaban J connectivity index is 1.74. The number of nitrogens with zero attached hydrogens (tertiary/aromatic N) is 3. The zero-order valence-corrected chi connectivity index (χ0v) is 12.7. The summed E-state index contributed by atoms with van der Waals surface area (Å²) in [5.41, 5.74) is 0.958. The summed E-state index contributed by atoms with van der Waals surface area (Å²) in [6.07, 6.45) is 0. The molecule has 7 heteroatoms. The molecular weight excluding hydrogens is 294 g/mol. The van der Waals surface area contributed by atoms with Crippen LogP contribution in [-0.2, 0) is 0 Å². The maximum atomic E-state index is 12.3. The molecule has 1 saturated heterocycles. The lowest BCUT2D eigenvalue weighted by Crippen LogP contribution is -2.44.